The van der Waals surface area contributed by atoms with Gasteiger partial charge in [0.2, 0.25) is 0 Å². The van der Waals surface area contributed by atoms with Crippen LogP contribution in [0.25, 0.3) is 0 Å². The maximum atomic E-state index is 12.3. The first-order valence-electron chi connectivity index (χ1n) is 4.42. The van der Waals surface area contributed by atoms with Crippen LogP contribution >= 0.6 is 0 Å². The largest absolute Gasteiger partial charge is 0.417 e. The molecule has 90 valence electrons. The third-order valence-electron chi connectivity index (χ3n) is 2.72. The maximum absolute atomic E-state index is 12.3. The standard InChI is InChI=1S/C8H10F6O/c9-7(10,11)5-2-1-3-6(15,4-5)8(12,13)14/h5,15H,1-4H2. The molecule has 1 aliphatic carbocycles. The summed E-state index contributed by atoms with van der Waals surface area (Å²) in [5, 5.41) is 9.12. The average Bonchev–Trinajstić information content (AvgIpc) is 2.00. The topological polar surface area (TPSA) is 20.2 Å². The second kappa shape index (κ2) is 3.54. The van der Waals surface area contributed by atoms with E-state index in [1.54, 1.807) is 0 Å². The maximum Gasteiger partial charge on any atom is 0.417 e. The van der Waals surface area contributed by atoms with E-state index in [4.69, 9.17) is 5.11 Å². The predicted molar refractivity (Wildman–Crippen MR) is 39.0 cm³/mol. The highest BCUT2D eigenvalue weighted by molar-refractivity contribution is 4.94. The van der Waals surface area contributed by atoms with E-state index in [0.717, 1.165) is 0 Å². The van der Waals surface area contributed by atoms with E-state index < -0.39 is 36.7 Å². The lowest BCUT2D eigenvalue weighted by Crippen LogP contribution is -2.50. The van der Waals surface area contributed by atoms with Crippen molar-refractivity contribution in [2.24, 2.45) is 5.92 Å². The first-order valence-corrected chi connectivity index (χ1v) is 4.42. The van der Waals surface area contributed by atoms with Gasteiger partial charge in [-0.05, 0) is 25.7 Å². The minimum atomic E-state index is -4.99. The zero-order chi connectivity index (χ0) is 11.9. The van der Waals surface area contributed by atoms with Gasteiger partial charge in [-0.25, -0.2) is 0 Å². The Hall–Kier alpha value is -0.460. The molecule has 0 bridgehead atoms. The molecule has 0 heterocycles. The van der Waals surface area contributed by atoms with Gasteiger partial charge in [0, 0.05) is 0 Å². The molecule has 0 radical (unpaired) electrons. The van der Waals surface area contributed by atoms with E-state index in [2.05, 4.69) is 0 Å². The van der Waals surface area contributed by atoms with Crippen molar-refractivity contribution in [3.8, 4) is 0 Å². The van der Waals surface area contributed by atoms with Gasteiger partial charge in [0.1, 0.15) is 0 Å². The average molecular weight is 236 g/mol. The molecule has 1 saturated carbocycles. The minimum Gasteiger partial charge on any atom is -0.380 e. The summed E-state index contributed by atoms with van der Waals surface area (Å²) in [4.78, 5) is 0. The molecule has 2 unspecified atom stereocenters. The number of hydrogen-bond acceptors (Lipinski definition) is 1. The Kier molecular flexibility index (Phi) is 2.97. The van der Waals surface area contributed by atoms with Crippen molar-refractivity contribution in [3.63, 3.8) is 0 Å². The zero-order valence-corrected chi connectivity index (χ0v) is 7.62. The van der Waals surface area contributed by atoms with Gasteiger partial charge in [0.25, 0.3) is 0 Å². The number of rotatable bonds is 0. The van der Waals surface area contributed by atoms with Crippen LogP contribution in [0.5, 0.6) is 0 Å². The Bertz CT molecular complexity index is 232. The molecule has 15 heavy (non-hydrogen) atoms. The smallest absolute Gasteiger partial charge is 0.380 e. The van der Waals surface area contributed by atoms with Gasteiger partial charge in [-0.3, -0.25) is 0 Å². The Morgan fingerprint density at radius 2 is 1.60 bits per heavy atom. The summed E-state index contributed by atoms with van der Waals surface area (Å²) >= 11 is 0. The van der Waals surface area contributed by atoms with Crippen LogP contribution in [-0.2, 0) is 0 Å². The molecule has 7 heteroatoms. The van der Waals surface area contributed by atoms with Gasteiger partial charge in [-0.1, -0.05) is 0 Å². The summed E-state index contributed by atoms with van der Waals surface area (Å²) in [7, 11) is 0. The summed E-state index contributed by atoms with van der Waals surface area (Å²) in [5.41, 5.74) is -3.18. The number of aliphatic hydroxyl groups is 1. The second-order valence-electron chi connectivity index (χ2n) is 3.86. The van der Waals surface area contributed by atoms with Gasteiger partial charge < -0.3 is 5.11 Å². The molecule has 0 saturated heterocycles. The van der Waals surface area contributed by atoms with E-state index in [-0.39, 0.29) is 12.8 Å². The van der Waals surface area contributed by atoms with Gasteiger partial charge >= 0.3 is 12.4 Å². The Morgan fingerprint density at radius 3 is 2.00 bits per heavy atom. The highest BCUT2D eigenvalue weighted by Crippen LogP contribution is 2.47. The highest BCUT2D eigenvalue weighted by Gasteiger charge is 2.59. The summed E-state index contributed by atoms with van der Waals surface area (Å²) in [5.74, 6) is -2.06. The Balaban J connectivity index is 2.80. The minimum absolute atomic E-state index is 0.264. The molecule has 1 aliphatic rings. The van der Waals surface area contributed by atoms with E-state index >= 15 is 0 Å². The molecule has 0 amide bonds. The number of halogens is 6. The number of hydrogen-bond donors (Lipinski definition) is 1. The lowest BCUT2D eigenvalue weighted by atomic mass is 9.77. The van der Waals surface area contributed by atoms with Crippen LogP contribution < -0.4 is 0 Å². The van der Waals surface area contributed by atoms with Crippen molar-refractivity contribution >= 4 is 0 Å². The first-order chi connectivity index (χ1) is 6.56. The molecule has 1 N–H and O–H groups in total. The fourth-order valence-corrected chi connectivity index (χ4v) is 1.79. The van der Waals surface area contributed by atoms with Crippen molar-refractivity contribution in [2.45, 2.75) is 43.6 Å². The Labute approximate surface area is 82.1 Å². The molecule has 1 rings (SSSR count). The van der Waals surface area contributed by atoms with E-state index in [0.29, 0.717) is 0 Å². The van der Waals surface area contributed by atoms with Crippen LogP contribution in [-0.4, -0.2) is 23.1 Å². The summed E-state index contributed by atoms with van der Waals surface area (Å²) in [6.07, 6.45) is -12.2. The predicted octanol–water partition coefficient (Wildman–Crippen LogP) is 3.03. The lowest BCUT2D eigenvalue weighted by Gasteiger charge is -2.38. The first kappa shape index (κ1) is 12.6. The van der Waals surface area contributed by atoms with Crippen LogP contribution in [0, 0.1) is 5.92 Å². The van der Waals surface area contributed by atoms with E-state index in [9.17, 15) is 26.3 Å². The van der Waals surface area contributed by atoms with Crippen molar-refractivity contribution in [1.29, 1.82) is 0 Å². The number of alkyl halides is 6. The van der Waals surface area contributed by atoms with Crippen molar-refractivity contribution in [2.75, 3.05) is 0 Å². The third-order valence-corrected chi connectivity index (χ3v) is 2.72. The molecule has 0 aliphatic heterocycles. The van der Waals surface area contributed by atoms with Crippen LogP contribution in [0.2, 0.25) is 0 Å². The van der Waals surface area contributed by atoms with Crippen molar-refractivity contribution in [1.82, 2.24) is 0 Å². The normalized spacial score (nSPS) is 34.2. The summed E-state index contributed by atoms with van der Waals surface area (Å²) < 4.78 is 73.4. The van der Waals surface area contributed by atoms with Crippen molar-refractivity contribution < 1.29 is 31.4 Å². The van der Waals surface area contributed by atoms with Crippen LogP contribution in [0.1, 0.15) is 25.7 Å². The molecule has 2 atom stereocenters. The highest BCUT2D eigenvalue weighted by atomic mass is 19.4. The molecule has 0 spiro atoms. The molecule has 0 aromatic heterocycles. The van der Waals surface area contributed by atoms with Gasteiger partial charge in [-0.2, -0.15) is 26.3 Å². The molecular weight excluding hydrogens is 226 g/mol. The molecule has 0 aromatic rings. The van der Waals surface area contributed by atoms with Crippen LogP contribution in [0.15, 0.2) is 0 Å². The third kappa shape index (κ3) is 2.56. The molecule has 0 aromatic carbocycles. The molecule has 1 fully saturated rings. The van der Waals surface area contributed by atoms with Gasteiger partial charge in [0.05, 0.1) is 5.92 Å². The van der Waals surface area contributed by atoms with Gasteiger partial charge in [0.15, 0.2) is 5.60 Å². The molecule has 1 nitrogen and oxygen atoms in total. The van der Waals surface area contributed by atoms with Crippen LogP contribution in [0.3, 0.4) is 0 Å². The van der Waals surface area contributed by atoms with Crippen molar-refractivity contribution in [3.05, 3.63) is 0 Å². The summed E-state index contributed by atoms with van der Waals surface area (Å²) in [6.45, 7) is 0. The zero-order valence-electron chi connectivity index (χ0n) is 7.62. The second-order valence-corrected chi connectivity index (χ2v) is 3.86. The van der Waals surface area contributed by atoms with Gasteiger partial charge in [-0.15, -0.1) is 0 Å². The quantitative estimate of drug-likeness (QED) is 0.641. The SMILES string of the molecule is OC1(C(F)(F)F)CCCC(C(F)(F)F)C1. The van der Waals surface area contributed by atoms with Crippen LogP contribution in [0.4, 0.5) is 26.3 Å². The fraction of sp³-hybridized carbons (Fsp3) is 1.00. The molecular formula is C8H10F6O. The Morgan fingerprint density at radius 1 is 1.07 bits per heavy atom. The van der Waals surface area contributed by atoms with E-state index in [1.807, 2.05) is 0 Å². The van der Waals surface area contributed by atoms with E-state index in [1.165, 1.54) is 0 Å². The lowest BCUT2D eigenvalue weighted by molar-refractivity contribution is -0.291. The monoisotopic (exact) mass is 236 g/mol. The summed E-state index contributed by atoms with van der Waals surface area (Å²) in [6, 6.07) is 0. The fourth-order valence-electron chi connectivity index (χ4n) is 1.79.